The molecule has 1 fully saturated rings. The fraction of sp³-hybridized carbons (Fsp3) is 0.545. The number of aromatic nitrogens is 4. The maximum absolute atomic E-state index is 11.7. The van der Waals surface area contributed by atoms with Gasteiger partial charge in [0.1, 0.15) is 18.3 Å². The molecule has 10 nitrogen and oxygen atoms in total. The van der Waals surface area contributed by atoms with Gasteiger partial charge in [-0.25, -0.2) is 4.98 Å². The fourth-order valence-corrected chi connectivity index (χ4v) is 2.44. The molecule has 0 aromatic carbocycles. The number of fused-ring (bicyclic) bond motifs is 1. The number of aliphatic hydroxyl groups excluding tert-OH is 3. The molecule has 10 heteroatoms. The summed E-state index contributed by atoms with van der Waals surface area (Å²) in [7, 11) is 0. The Labute approximate surface area is 117 Å². The first-order valence-corrected chi connectivity index (χ1v) is 6.32. The first-order chi connectivity index (χ1) is 9.90. The Morgan fingerprint density at radius 3 is 2.81 bits per heavy atom. The molecular formula is C11H15N5O5. The predicted molar refractivity (Wildman–Crippen MR) is 70.2 cm³/mol. The summed E-state index contributed by atoms with van der Waals surface area (Å²) in [5.74, 6) is -0.102. The second-order valence-corrected chi connectivity index (χ2v) is 4.99. The molecule has 3 rings (SSSR count). The molecule has 0 aliphatic carbocycles. The van der Waals surface area contributed by atoms with Crippen molar-refractivity contribution in [2.45, 2.75) is 37.6 Å². The molecule has 0 bridgehead atoms. The smallest absolute Gasteiger partial charge is 0.280 e. The van der Waals surface area contributed by atoms with Crippen LogP contribution in [0.1, 0.15) is 13.2 Å². The molecule has 2 aromatic rings. The Hall–Kier alpha value is -2.01. The summed E-state index contributed by atoms with van der Waals surface area (Å²) in [5, 5.41) is 29.5. The van der Waals surface area contributed by atoms with Crippen molar-refractivity contribution in [1.82, 2.24) is 19.5 Å². The first-order valence-electron chi connectivity index (χ1n) is 6.32. The van der Waals surface area contributed by atoms with E-state index in [2.05, 4.69) is 15.0 Å². The van der Waals surface area contributed by atoms with Crippen molar-refractivity contribution in [2.75, 3.05) is 5.73 Å². The quantitative estimate of drug-likeness (QED) is 0.414. The molecule has 0 spiro atoms. The normalized spacial score (nSPS) is 30.9. The Morgan fingerprint density at radius 1 is 1.48 bits per heavy atom. The lowest BCUT2D eigenvalue weighted by Gasteiger charge is -2.17. The molecule has 1 saturated heterocycles. The summed E-state index contributed by atoms with van der Waals surface area (Å²) in [6.45, 7) is 1.44. The van der Waals surface area contributed by atoms with Gasteiger partial charge in [0.25, 0.3) is 5.56 Å². The Bertz CT molecular complexity index is 725. The van der Waals surface area contributed by atoms with E-state index in [4.69, 9.17) is 10.5 Å². The minimum atomic E-state index is -1.30. The molecule has 0 radical (unpaired) electrons. The summed E-state index contributed by atoms with van der Waals surface area (Å²) in [6, 6.07) is 0. The van der Waals surface area contributed by atoms with Gasteiger partial charge >= 0.3 is 0 Å². The third kappa shape index (κ3) is 2.08. The average molecular weight is 297 g/mol. The number of nitrogens with zero attached hydrogens (tertiary/aromatic N) is 3. The van der Waals surface area contributed by atoms with Gasteiger partial charge in [-0.05, 0) is 6.92 Å². The zero-order valence-electron chi connectivity index (χ0n) is 11.0. The van der Waals surface area contributed by atoms with Crippen LogP contribution in [-0.2, 0) is 4.74 Å². The molecule has 5 atom stereocenters. The van der Waals surface area contributed by atoms with Crippen LogP contribution in [0.5, 0.6) is 0 Å². The van der Waals surface area contributed by atoms with Crippen LogP contribution in [0, 0.1) is 0 Å². The Morgan fingerprint density at radius 2 is 2.19 bits per heavy atom. The number of H-pyrrole nitrogens is 1. The largest absolute Gasteiger partial charge is 0.391 e. The fourth-order valence-electron chi connectivity index (χ4n) is 2.44. The lowest BCUT2D eigenvalue weighted by molar-refractivity contribution is -0.0777. The third-order valence-electron chi connectivity index (χ3n) is 3.48. The van der Waals surface area contributed by atoms with Crippen LogP contribution in [0.4, 0.5) is 5.95 Å². The number of imidazole rings is 1. The monoisotopic (exact) mass is 297 g/mol. The van der Waals surface area contributed by atoms with Crippen molar-refractivity contribution in [1.29, 1.82) is 0 Å². The van der Waals surface area contributed by atoms with Crippen LogP contribution >= 0.6 is 0 Å². The SMILES string of the molecule is CC(O)[C@H]1O[C@@H](n2cnc3c(=O)[nH]c(N)nc32)[C@H](O)[C@@H]1O. The van der Waals surface area contributed by atoms with Crippen molar-refractivity contribution in [3.05, 3.63) is 16.7 Å². The van der Waals surface area contributed by atoms with E-state index in [1.807, 2.05) is 0 Å². The first kappa shape index (κ1) is 13.9. The highest BCUT2D eigenvalue weighted by atomic mass is 16.6. The number of aromatic amines is 1. The summed E-state index contributed by atoms with van der Waals surface area (Å²) < 4.78 is 6.76. The van der Waals surface area contributed by atoms with Gasteiger partial charge in [-0.3, -0.25) is 14.3 Å². The molecule has 21 heavy (non-hydrogen) atoms. The standard InChI is InChI=1S/C11H15N5O5/c1-3(17)7-5(18)6(19)10(21-7)16-2-13-4-8(16)14-11(12)15-9(4)20/h2-3,5-7,10,17-19H,1H3,(H3,12,14,15,20)/t3?,5-,6+,7+,10+/m0/s1. The number of hydrogen-bond donors (Lipinski definition) is 5. The number of anilines is 1. The zero-order chi connectivity index (χ0) is 15.3. The van der Waals surface area contributed by atoms with Crippen LogP contribution in [0.3, 0.4) is 0 Å². The summed E-state index contributed by atoms with van der Waals surface area (Å²) in [4.78, 5) is 21.9. The average Bonchev–Trinajstić information content (AvgIpc) is 2.93. The number of nitrogens with one attached hydrogen (secondary N) is 1. The summed E-state index contributed by atoms with van der Waals surface area (Å²) >= 11 is 0. The number of aliphatic hydroxyl groups is 3. The summed E-state index contributed by atoms with van der Waals surface area (Å²) in [5.41, 5.74) is 5.13. The highest BCUT2D eigenvalue weighted by molar-refractivity contribution is 5.70. The van der Waals surface area contributed by atoms with Gasteiger partial charge in [0.2, 0.25) is 5.95 Å². The maximum atomic E-state index is 11.7. The Kier molecular flexibility index (Phi) is 3.17. The van der Waals surface area contributed by atoms with E-state index in [0.29, 0.717) is 0 Å². The molecule has 2 aromatic heterocycles. The topological polar surface area (TPSA) is 160 Å². The number of hydrogen-bond acceptors (Lipinski definition) is 8. The lowest BCUT2D eigenvalue weighted by atomic mass is 10.1. The van der Waals surface area contributed by atoms with E-state index in [9.17, 15) is 20.1 Å². The van der Waals surface area contributed by atoms with E-state index in [1.54, 1.807) is 0 Å². The lowest BCUT2D eigenvalue weighted by Crippen LogP contribution is -2.37. The molecule has 0 amide bonds. The van der Waals surface area contributed by atoms with Crippen LogP contribution in [-0.4, -0.2) is 59.3 Å². The molecule has 1 aliphatic heterocycles. The van der Waals surface area contributed by atoms with Crippen LogP contribution in [0.25, 0.3) is 11.2 Å². The van der Waals surface area contributed by atoms with Crippen LogP contribution in [0.2, 0.25) is 0 Å². The summed E-state index contributed by atoms with van der Waals surface area (Å²) in [6.07, 6.45) is -4.27. The second kappa shape index (κ2) is 4.77. The highest BCUT2D eigenvalue weighted by Gasteiger charge is 2.46. The zero-order valence-corrected chi connectivity index (χ0v) is 11.0. The van der Waals surface area contributed by atoms with Gasteiger partial charge < -0.3 is 25.8 Å². The van der Waals surface area contributed by atoms with E-state index in [0.717, 1.165) is 0 Å². The third-order valence-corrected chi connectivity index (χ3v) is 3.48. The van der Waals surface area contributed by atoms with Crippen molar-refractivity contribution in [3.8, 4) is 0 Å². The molecular weight excluding hydrogens is 282 g/mol. The molecule has 1 aliphatic rings. The molecule has 1 unspecified atom stereocenters. The maximum Gasteiger partial charge on any atom is 0.280 e. The minimum Gasteiger partial charge on any atom is -0.391 e. The van der Waals surface area contributed by atoms with Crippen molar-refractivity contribution < 1.29 is 20.1 Å². The van der Waals surface area contributed by atoms with E-state index >= 15 is 0 Å². The molecule has 0 saturated carbocycles. The van der Waals surface area contributed by atoms with Crippen molar-refractivity contribution >= 4 is 17.1 Å². The van der Waals surface area contributed by atoms with Gasteiger partial charge in [-0.1, -0.05) is 0 Å². The van der Waals surface area contributed by atoms with Crippen LogP contribution in [0.15, 0.2) is 11.1 Å². The number of nitrogens with two attached hydrogens (primary N) is 1. The number of rotatable bonds is 2. The molecule has 114 valence electrons. The van der Waals surface area contributed by atoms with E-state index in [1.165, 1.54) is 17.8 Å². The van der Waals surface area contributed by atoms with Gasteiger partial charge in [-0.15, -0.1) is 0 Å². The number of nitrogen functional groups attached to an aromatic ring is 1. The minimum absolute atomic E-state index is 0.0370. The van der Waals surface area contributed by atoms with Crippen molar-refractivity contribution in [3.63, 3.8) is 0 Å². The molecule has 3 heterocycles. The predicted octanol–water partition coefficient (Wildman–Crippen LogP) is -2.30. The molecule has 6 N–H and O–H groups in total. The van der Waals surface area contributed by atoms with Gasteiger partial charge in [0, 0.05) is 0 Å². The van der Waals surface area contributed by atoms with Crippen LogP contribution < -0.4 is 11.3 Å². The Balaban J connectivity index is 2.07. The second-order valence-electron chi connectivity index (χ2n) is 4.99. The highest BCUT2D eigenvalue weighted by Crippen LogP contribution is 2.32. The van der Waals surface area contributed by atoms with E-state index < -0.39 is 36.2 Å². The van der Waals surface area contributed by atoms with Gasteiger partial charge in [-0.2, -0.15) is 4.98 Å². The van der Waals surface area contributed by atoms with E-state index in [-0.39, 0.29) is 17.1 Å². The van der Waals surface area contributed by atoms with Crippen molar-refractivity contribution in [2.24, 2.45) is 0 Å². The van der Waals surface area contributed by atoms with Gasteiger partial charge in [0.15, 0.2) is 17.4 Å². The van der Waals surface area contributed by atoms with Gasteiger partial charge in [0.05, 0.1) is 12.4 Å². The number of ether oxygens (including phenoxy) is 1.